The predicted octanol–water partition coefficient (Wildman–Crippen LogP) is 3.25. The van der Waals surface area contributed by atoms with Crippen molar-refractivity contribution in [1.82, 2.24) is 4.90 Å². The maximum Gasteiger partial charge on any atom is 0.240 e. The van der Waals surface area contributed by atoms with E-state index in [2.05, 4.69) is 36.4 Å². The molecule has 0 saturated heterocycles. The van der Waals surface area contributed by atoms with E-state index >= 15 is 0 Å². The normalized spacial score (nSPS) is 14.6. The third kappa shape index (κ3) is 2.68. The smallest absolute Gasteiger partial charge is 0.240 e. The molecule has 0 fully saturated rings. The minimum Gasteiger partial charge on any atom is -0.333 e. The van der Waals surface area contributed by atoms with Crippen LogP contribution in [-0.4, -0.2) is 16.8 Å². The molecule has 120 valence electrons. The Morgan fingerprint density at radius 2 is 1.54 bits per heavy atom. The molecule has 0 aliphatic carbocycles. The molecule has 3 aromatic carbocycles. The lowest BCUT2D eigenvalue weighted by atomic mass is 9.98. The standard InChI is InChI=1S/C21H20N2O/c22-20(12-16-10-5-9-15-6-3-4-11-19(15)16)21(24)23-13-17-7-1-2-8-18(17)14-23/h1-11,20H,12-14,22H2. The lowest BCUT2D eigenvalue weighted by Crippen LogP contribution is -2.42. The van der Waals surface area contributed by atoms with Gasteiger partial charge in [0, 0.05) is 13.1 Å². The molecule has 1 aliphatic heterocycles. The number of benzene rings is 3. The molecule has 0 spiro atoms. The topological polar surface area (TPSA) is 46.3 Å². The summed E-state index contributed by atoms with van der Waals surface area (Å²) in [6.07, 6.45) is 0.563. The molecule has 1 amide bonds. The second kappa shape index (κ2) is 6.10. The minimum absolute atomic E-state index is 0.0270. The summed E-state index contributed by atoms with van der Waals surface area (Å²) in [5.74, 6) is 0.0270. The summed E-state index contributed by atoms with van der Waals surface area (Å²) in [6, 6.07) is 22.1. The maximum atomic E-state index is 12.8. The Labute approximate surface area is 141 Å². The van der Waals surface area contributed by atoms with Gasteiger partial charge in [0.2, 0.25) is 5.91 Å². The zero-order valence-electron chi connectivity index (χ0n) is 13.5. The summed E-state index contributed by atoms with van der Waals surface area (Å²) >= 11 is 0. The Hall–Kier alpha value is -2.65. The van der Waals surface area contributed by atoms with Crippen molar-refractivity contribution in [3.8, 4) is 0 Å². The van der Waals surface area contributed by atoms with Gasteiger partial charge in [0.1, 0.15) is 0 Å². The Bertz CT molecular complexity index is 873. The van der Waals surface area contributed by atoms with E-state index in [1.54, 1.807) is 0 Å². The average molecular weight is 316 g/mol. The molecule has 1 aliphatic rings. The van der Waals surface area contributed by atoms with Crippen LogP contribution in [0.4, 0.5) is 0 Å². The first kappa shape index (κ1) is 14.9. The van der Waals surface area contributed by atoms with Gasteiger partial charge in [-0.05, 0) is 33.9 Å². The number of fused-ring (bicyclic) bond motifs is 2. The van der Waals surface area contributed by atoms with Crippen LogP contribution in [0.5, 0.6) is 0 Å². The number of carbonyl (C=O) groups excluding carboxylic acids is 1. The highest BCUT2D eigenvalue weighted by Crippen LogP contribution is 2.24. The number of carbonyl (C=O) groups is 1. The molecule has 3 heteroatoms. The molecule has 1 unspecified atom stereocenters. The number of hydrogen-bond acceptors (Lipinski definition) is 2. The highest BCUT2D eigenvalue weighted by Gasteiger charge is 2.27. The molecule has 24 heavy (non-hydrogen) atoms. The van der Waals surface area contributed by atoms with Gasteiger partial charge in [0.25, 0.3) is 0 Å². The summed E-state index contributed by atoms with van der Waals surface area (Å²) in [6.45, 7) is 1.33. The highest BCUT2D eigenvalue weighted by atomic mass is 16.2. The summed E-state index contributed by atoms with van der Waals surface area (Å²) < 4.78 is 0. The number of nitrogens with zero attached hydrogens (tertiary/aromatic N) is 1. The van der Waals surface area contributed by atoms with Gasteiger partial charge in [0.15, 0.2) is 0 Å². The molecule has 2 N–H and O–H groups in total. The number of amides is 1. The van der Waals surface area contributed by atoms with E-state index in [4.69, 9.17) is 5.73 Å². The van der Waals surface area contributed by atoms with Gasteiger partial charge < -0.3 is 10.6 Å². The lowest BCUT2D eigenvalue weighted by Gasteiger charge is -2.21. The number of nitrogens with two attached hydrogens (primary N) is 1. The van der Waals surface area contributed by atoms with Gasteiger partial charge in [-0.25, -0.2) is 0 Å². The van der Waals surface area contributed by atoms with E-state index in [9.17, 15) is 4.79 Å². The minimum atomic E-state index is -0.509. The van der Waals surface area contributed by atoms with Gasteiger partial charge in [-0.2, -0.15) is 0 Å². The largest absolute Gasteiger partial charge is 0.333 e. The summed E-state index contributed by atoms with van der Waals surface area (Å²) in [5.41, 5.74) is 9.84. The van der Waals surface area contributed by atoms with Crippen LogP contribution in [0.1, 0.15) is 16.7 Å². The molecule has 0 radical (unpaired) electrons. The Balaban J connectivity index is 1.52. The van der Waals surface area contributed by atoms with Crippen molar-refractivity contribution < 1.29 is 4.79 Å². The summed E-state index contributed by atoms with van der Waals surface area (Å²) in [7, 11) is 0. The van der Waals surface area contributed by atoms with Gasteiger partial charge in [0.05, 0.1) is 6.04 Å². The van der Waals surface area contributed by atoms with Gasteiger partial charge >= 0.3 is 0 Å². The first-order valence-corrected chi connectivity index (χ1v) is 8.30. The van der Waals surface area contributed by atoms with Crippen LogP contribution in [0.25, 0.3) is 10.8 Å². The quantitative estimate of drug-likeness (QED) is 0.806. The van der Waals surface area contributed by atoms with Crippen molar-refractivity contribution in [2.75, 3.05) is 0 Å². The van der Waals surface area contributed by atoms with E-state index in [1.807, 2.05) is 35.2 Å². The van der Waals surface area contributed by atoms with E-state index in [0.717, 1.165) is 5.56 Å². The van der Waals surface area contributed by atoms with E-state index in [-0.39, 0.29) is 5.91 Å². The van der Waals surface area contributed by atoms with E-state index < -0.39 is 6.04 Å². The SMILES string of the molecule is NC(Cc1cccc2ccccc12)C(=O)N1Cc2ccccc2C1. The van der Waals surface area contributed by atoms with Crippen LogP contribution in [0.2, 0.25) is 0 Å². The zero-order chi connectivity index (χ0) is 16.5. The van der Waals surface area contributed by atoms with Gasteiger partial charge in [-0.15, -0.1) is 0 Å². The molecule has 3 nitrogen and oxygen atoms in total. The molecule has 0 aromatic heterocycles. The van der Waals surface area contributed by atoms with Crippen molar-refractivity contribution in [3.63, 3.8) is 0 Å². The Morgan fingerprint density at radius 3 is 2.29 bits per heavy atom. The van der Waals surface area contributed by atoms with Crippen LogP contribution >= 0.6 is 0 Å². The third-order valence-electron chi connectivity index (χ3n) is 4.79. The van der Waals surface area contributed by atoms with Crippen LogP contribution < -0.4 is 5.73 Å². The monoisotopic (exact) mass is 316 g/mol. The Morgan fingerprint density at radius 1 is 0.917 bits per heavy atom. The second-order valence-electron chi connectivity index (χ2n) is 6.41. The maximum absolute atomic E-state index is 12.8. The highest BCUT2D eigenvalue weighted by molar-refractivity contribution is 5.87. The van der Waals surface area contributed by atoms with Gasteiger partial charge in [-0.3, -0.25) is 4.79 Å². The Kier molecular flexibility index (Phi) is 3.79. The molecule has 0 saturated carbocycles. The zero-order valence-corrected chi connectivity index (χ0v) is 13.5. The second-order valence-corrected chi connectivity index (χ2v) is 6.41. The fourth-order valence-corrected chi connectivity index (χ4v) is 3.52. The van der Waals surface area contributed by atoms with Crippen molar-refractivity contribution in [1.29, 1.82) is 0 Å². The fraction of sp³-hybridized carbons (Fsp3) is 0.190. The fourth-order valence-electron chi connectivity index (χ4n) is 3.52. The average Bonchev–Trinajstić information content (AvgIpc) is 3.05. The first-order valence-electron chi connectivity index (χ1n) is 8.30. The van der Waals surface area contributed by atoms with Crippen LogP contribution in [0.15, 0.2) is 66.7 Å². The van der Waals surface area contributed by atoms with Crippen molar-refractivity contribution in [3.05, 3.63) is 83.4 Å². The molecule has 1 atom stereocenters. The van der Waals surface area contributed by atoms with Crippen LogP contribution in [-0.2, 0) is 24.3 Å². The predicted molar refractivity (Wildman–Crippen MR) is 96.3 cm³/mol. The third-order valence-corrected chi connectivity index (χ3v) is 4.79. The molecule has 0 bridgehead atoms. The van der Waals surface area contributed by atoms with Crippen LogP contribution in [0, 0.1) is 0 Å². The molecular weight excluding hydrogens is 296 g/mol. The van der Waals surface area contributed by atoms with Crippen LogP contribution in [0.3, 0.4) is 0 Å². The summed E-state index contributed by atoms with van der Waals surface area (Å²) in [4.78, 5) is 14.6. The summed E-state index contributed by atoms with van der Waals surface area (Å²) in [5, 5.41) is 2.36. The molecular formula is C21H20N2O. The molecule has 1 heterocycles. The van der Waals surface area contributed by atoms with Gasteiger partial charge in [-0.1, -0.05) is 66.7 Å². The van der Waals surface area contributed by atoms with E-state index in [1.165, 1.54) is 21.9 Å². The number of rotatable bonds is 3. The molecule has 3 aromatic rings. The first-order chi connectivity index (χ1) is 11.7. The van der Waals surface area contributed by atoms with Crippen molar-refractivity contribution in [2.24, 2.45) is 5.73 Å². The lowest BCUT2D eigenvalue weighted by molar-refractivity contribution is -0.133. The van der Waals surface area contributed by atoms with E-state index in [0.29, 0.717) is 19.5 Å². The number of hydrogen-bond donors (Lipinski definition) is 1. The van der Waals surface area contributed by atoms with Crippen molar-refractivity contribution in [2.45, 2.75) is 25.6 Å². The molecule has 4 rings (SSSR count). The van der Waals surface area contributed by atoms with Crippen molar-refractivity contribution >= 4 is 16.7 Å².